The van der Waals surface area contributed by atoms with E-state index in [1.807, 2.05) is 30.3 Å². The molecule has 0 fully saturated rings. The topological polar surface area (TPSA) is 62.2 Å². The van der Waals surface area contributed by atoms with E-state index in [0.717, 1.165) is 22.1 Å². The normalized spacial score (nSPS) is 17.2. The molecular formula is C14H14N2O2S. The molecule has 98 valence electrons. The molecule has 1 aliphatic carbocycles. The maximum atomic E-state index is 11.1. The van der Waals surface area contributed by atoms with Gasteiger partial charge in [0.15, 0.2) is 5.13 Å². The van der Waals surface area contributed by atoms with Gasteiger partial charge in [-0.25, -0.2) is 4.98 Å². The molecule has 2 N–H and O–H groups in total. The van der Waals surface area contributed by atoms with Crippen LogP contribution in [0.25, 0.3) is 0 Å². The van der Waals surface area contributed by atoms with Crippen LogP contribution >= 0.6 is 11.3 Å². The summed E-state index contributed by atoms with van der Waals surface area (Å²) in [4.78, 5) is 16.6. The number of aryl methyl sites for hydroxylation is 1. The number of nitrogens with zero attached hydrogens (tertiary/aromatic N) is 1. The predicted molar refractivity (Wildman–Crippen MR) is 74.6 cm³/mol. The number of carboxylic acid groups (broad SMARTS) is 1. The van der Waals surface area contributed by atoms with Crippen LogP contribution in [0.2, 0.25) is 0 Å². The molecule has 1 unspecified atom stereocenters. The van der Waals surface area contributed by atoms with Gasteiger partial charge in [0.25, 0.3) is 0 Å². The average Bonchev–Trinajstić information content (AvgIpc) is 2.96. The summed E-state index contributed by atoms with van der Waals surface area (Å²) in [6, 6.07) is 10.1. The van der Waals surface area contributed by atoms with Crippen LogP contribution in [-0.4, -0.2) is 16.1 Å². The predicted octanol–water partition coefficient (Wildman–Crippen LogP) is 2.87. The van der Waals surface area contributed by atoms with Crippen LogP contribution in [0.5, 0.6) is 0 Å². The van der Waals surface area contributed by atoms with E-state index in [-0.39, 0.29) is 0 Å². The summed E-state index contributed by atoms with van der Waals surface area (Å²) in [5.41, 5.74) is 1.95. The second kappa shape index (κ2) is 5.01. The van der Waals surface area contributed by atoms with Crippen LogP contribution in [0.4, 0.5) is 5.13 Å². The molecule has 0 aliphatic heterocycles. The molecule has 2 aromatic rings. The van der Waals surface area contributed by atoms with Crippen LogP contribution in [-0.2, 0) is 17.8 Å². The molecule has 0 spiro atoms. The second-order valence-corrected chi connectivity index (χ2v) is 5.68. The number of thiazole rings is 1. The number of aliphatic carboxylic acids is 1. The van der Waals surface area contributed by atoms with Gasteiger partial charge in [-0.15, -0.1) is 11.3 Å². The van der Waals surface area contributed by atoms with E-state index < -0.39 is 11.9 Å². The molecule has 0 saturated heterocycles. The zero-order chi connectivity index (χ0) is 13.2. The Balaban J connectivity index is 1.71. The molecule has 0 amide bonds. The lowest BCUT2D eigenvalue weighted by Gasteiger charge is -2.04. The van der Waals surface area contributed by atoms with Gasteiger partial charge in [-0.2, -0.15) is 0 Å². The molecule has 1 heterocycles. The fourth-order valence-corrected chi connectivity index (χ4v) is 3.35. The SMILES string of the molecule is O=C(O)C1CCc2sc(NCc3ccccc3)nc21. The quantitative estimate of drug-likeness (QED) is 0.900. The van der Waals surface area contributed by atoms with Gasteiger partial charge in [-0.05, 0) is 18.4 Å². The van der Waals surface area contributed by atoms with Gasteiger partial charge in [0, 0.05) is 11.4 Å². The zero-order valence-corrected chi connectivity index (χ0v) is 11.1. The minimum Gasteiger partial charge on any atom is -0.481 e. The number of anilines is 1. The number of hydrogen-bond acceptors (Lipinski definition) is 4. The lowest BCUT2D eigenvalue weighted by atomic mass is 10.1. The summed E-state index contributed by atoms with van der Waals surface area (Å²) >= 11 is 1.58. The third-order valence-corrected chi connectivity index (χ3v) is 4.39. The molecule has 19 heavy (non-hydrogen) atoms. The fourth-order valence-electron chi connectivity index (χ4n) is 2.32. The Kier molecular flexibility index (Phi) is 3.21. The highest BCUT2D eigenvalue weighted by atomic mass is 32.1. The van der Waals surface area contributed by atoms with Crippen LogP contribution < -0.4 is 5.32 Å². The highest BCUT2D eigenvalue weighted by molar-refractivity contribution is 7.15. The molecule has 1 aromatic carbocycles. The third kappa shape index (κ3) is 2.46. The third-order valence-electron chi connectivity index (χ3n) is 3.30. The number of carboxylic acids is 1. The van der Waals surface area contributed by atoms with E-state index >= 15 is 0 Å². The summed E-state index contributed by atoms with van der Waals surface area (Å²) < 4.78 is 0. The zero-order valence-electron chi connectivity index (χ0n) is 10.3. The van der Waals surface area contributed by atoms with Crippen molar-refractivity contribution in [3.63, 3.8) is 0 Å². The molecule has 5 heteroatoms. The Labute approximate surface area is 115 Å². The fraction of sp³-hybridized carbons (Fsp3) is 0.286. The highest BCUT2D eigenvalue weighted by Gasteiger charge is 2.32. The van der Waals surface area contributed by atoms with Crippen LogP contribution in [0, 0.1) is 0 Å². The van der Waals surface area contributed by atoms with Gasteiger partial charge in [0.1, 0.15) is 5.92 Å². The minimum atomic E-state index is -0.765. The van der Waals surface area contributed by atoms with Gasteiger partial charge in [0.05, 0.1) is 5.69 Å². The molecular weight excluding hydrogens is 260 g/mol. The van der Waals surface area contributed by atoms with E-state index in [4.69, 9.17) is 5.11 Å². The van der Waals surface area contributed by atoms with Crippen molar-refractivity contribution in [1.82, 2.24) is 4.98 Å². The molecule has 3 rings (SSSR count). The Morgan fingerprint density at radius 3 is 2.95 bits per heavy atom. The number of benzene rings is 1. The van der Waals surface area contributed by atoms with E-state index in [9.17, 15) is 4.79 Å². The first-order valence-corrected chi connectivity index (χ1v) is 7.06. The first-order chi connectivity index (χ1) is 9.24. The molecule has 1 aromatic heterocycles. The van der Waals surface area contributed by atoms with E-state index in [0.29, 0.717) is 13.0 Å². The molecule has 0 saturated carbocycles. The van der Waals surface area contributed by atoms with Crippen LogP contribution in [0.1, 0.15) is 28.5 Å². The number of carbonyl (C=O) groups is 1. The van der Waals surface area contributed by atoms with Gasteiger partial charge in [0.2, 0.25) is 0 Å². The Bertz CT molecular complexity index is 595. The van der Waals surface area contributed by atoms with E-state index in [1.165, 1.54) is 5.56 Å². The summed E-state index contributed by atoms with van der Waals surface area (Å²) in [5, 5.41) is 13.2. The first kappa shape index (κ1) is 12.2. The van der Waals surface area contributed by atoms with Crippen molar-refractivity contribution in [2.24, 2.45) is 0 Å². The smallest absolute Gasteiger partial charge is 0.312 e. The summed E-state index contributed by atoms with van der Waals surface area (Å²) in [5.74, 6) is -1.18. The molecule has 1 atom stereocenters. The van der Waals surface area contributed by atoms with Gasteiger partial charge >= 0.3 is 5.97 Å². The molecule has 0 radical (unpaired) electrons. The number of rotatable bonds is 4. The van der Waals surface area contributed by atoms with Gasteiger partial charge in [-0.1, -0.05) is 30.3 Å². The van der Waals surface area contributed by atoms with Crippen LogP contribution in [0.15, 0.2) is 30.3 Å². The standard InChI is InChI=1S/C14H14N2O2S/c17-13(18)10-6-7-11-12(10)16-14(19-11)15-8-9-4-2-1-3-5-9/h1-5,10H,6-8H2,(H,15,16)(H,17,18). The largest absolute Gasteiger partial charge is 0.481 e. The van der Waals surface area contributed by atoms with Crippen LogP contribution in [0.3, 0.4) is 0 Å². The summed E-state index contributed by atoms with van der Waals surface area (Å²) in [6.45, 7) is 0.713. The van der Waals surface area contributed by atoms with Crippen molar-refractivity contribution in [2.45, 2.75) is 25.3 Å². The Hall–Kier alpha value is -1.88. The lowest BCUT2D eigenvalue weighted by molar-refractivity contribution is -0.138. The monoisotopic (exact) mass is 274 g/mol. The maximum Gasteiger partial charge on any atom is 0.312 e. The molecule has 1 aliphatic rings. The maximum absolute atomic E-state index is 11.1. The summed E-state index contributed by atoms with van der Waals surface area (Å²) in [7, 11) is 0. The molecule has 4 nitrogen and oxygen atoms in total. The average molecular weight is 274 g/mol. The Morgan fingerprint density at radius 2 is 2.21 bits per heavy atom. The summed E-state index contributed by atoms with van der Waals surface area (Å²) in [6.07, 6.45) is 1.51. The Morgan fingerprint density at radius 1 is 1.42 bits per heavy atom. The van der Waals surface area contributed by atoms with Crippen molar-refractivity contribution in [3.05, 3.63) is 46.5 Å². The van der Waals surface area contributed by atoms with E-state index in [2.05, 4.69) is 10.3 Å². The van der Waals surface area contributed by atoms with Crippen molar-refractivity contribution in [3.8, 4) is 0 Å². The lowest BCUT2D eigenvalue weighted by Crippen LogP contribution is -2.09. The van der Waals surface area contributed by atoms with Crippen molar-refractivity contribution in [1.29, 1.82) is 0 Å². The number of aromatic nitrogens is 1. The van der Waals surface area contributed by atoms with Crippen molar-refractivity contribution >= 4 is 22.4 Å². The second-order valence-electron chi connectivity index (χ2n) is 4.60. The number of hydrogen-bond donors (Lipinski definition) is 2. The number of fused-ring (bicyclic) bond motifs is 1. The molecule has 0 bridgehead atoms. The van der Waals surface area contributed by atoms with Gasteiger partial charge < -0.3 is 10.4 Å². The van der Waals surface area contributed by atoms with Gasteiger partial charge in [-0.3, -0.25) is 4.79 Å². The van der Waals surface area contributed by atoms with E-state index in [1.54, 1.807) is 11.3 Å². The van der Waals surface area contributed by atoms with Crippen molar-refractivity contribution < 1.29 is 9.90 Å². The first-order valence-electron chi connectivity index (χ1n) is 6.24. The number of nitrogens with one attached hydrogen (secondary N) is 1. The highest BCUT2D eigenvalue weighted by Crippen LogP contribution is 2.38. The van der Waals surface area contributed by atoms with Crippen molar-refractivity contribution in [2.75, 3.05) is 5.32 Å². The minimum absolute atomic E-state index is 0.418.